The molecule has 0 atom stereocenters. The molecule has 1 N–H and O–H groups in total. The number of aromatic nitrogens is 5. The number of benzene rings is 1. The van der Waals surface area contributed by atoms with Crippen LogP contribution in [0.2, 0.25) is 0 Å². The number of thioether (sulfide) groups is 1. The summed E-state index contributed by atoms with van der Waals surface area (Å²) < 4.78 is 12.1. The zero-order valence-corrected chi connectivity index (χ0v) is 15.6. The van der Waals surface area contributed by atoms with Crippen LogP contribution < -0.4 is 14.8 Å². The number of tetrazole rings is 1. The van der Waals surface area contributed by atoms with Crippen LogP contribution in [0.15, 0.2) is 47.9 Å². The lowest BCUT2D eigenvalue weighted by molar-refractivity contribution is -0.118. The van der Waals surface area contributed by atoms with Crippen LogP contribution in [0.5, 0.6) is 11.5 Å². The quantitative estimate of drug-likeness (QED) is 0.581. The van der Waals surface area contributed by atoms with E-state index in [9.17, 15) is 4.79 Å². The van der Waals surface area contributed by atoms with Crippen LogP contribution in [0, 0.1) is 0 Å². The number of pyridine rings is 1. The summed E-state index contributed by atoms with van der Waals surface area (Å²) in [4.78, 5) is 16.1. The molecule has 0 aliphatic rings. The molecule has 1 aromatic carbocycles. The topological polar surface area (TPSA) is 104 Å². The first kappa shape index (κ1) is 18.6. The Kier molecular flexibility index (Phi) is 6.21. The van der Waals surface area contributed by atoms with Crippen molar-refractivity contribution in [2.45, 2.75) is 11.7 Å². The van der Waals surface area contributed by atoms with Crippen LogP contribution in [-0.4, -0.2) is 51.1 Å². The number of carbonyl (C=O) groups excluding carboxylic acids is 1. The van der Waals surface area contributed by atoms with Gasteiger partial charge < -0.3 is 14.8 Å². The molecule has 0 saturated carbocycles. The lowest BCUT2D eigenvalue weighted by atomic mass is 10.3. The summed E-state index contributed by atoms with van der Waals surface area (Å²) in [6, 6.07) is 9.04. The predicted octanol–water partition coefficient (Wildman–Crippen LogP) is 1.48. The second-order valence-corrected chi connectivity index (χ2v) is 6.28. The van der Waals surface area contributed by atoms with Gasteiger partial charge in [0.15, 0.2) is 0 Å². The Labute approximate surface area is 160 Å². The molecule has 1 amide bonds. The van der Waals surface area contributed by atoms with E-state index in [1.165, 1.54) is 16.4 Å². The Balaban J connectivity index is 1.66. The third kappa shape index (κ3) is 4.73. The van der Waals surface area contributed by atoms with E-state index in [0.29, 0.717) is 28.9 Å². The second kappa shape index (κ2) is 8.99. The zero-order valence-electron chi connectivity index (χ0n) is 14.8. The molecule has 9 nitrogen and oxygen atoms in total. The molecule has 140 valence electrons. The number of ether oxygens (including phenoxy) is 2. The first-order chi connectivity index (χ1) is 13.2. The highest BCUT2D eigenvalue weighted by Crippen LogP contribution is 2.29. The minimum atomic E-state index is -0.129. The Hall–Kier alpha value is -3.14. The minimum Gasteiger partial charge on any atom is -0.497 e. The SMILES string of the molecule is COc1ccc(OC)c(-n2nnnc2SCC(=O)NCc2cccnc2)c1. The van der Waals surface area contributed by atoms with Crippen molar-refractivity contribution in [2.75, 3.05) is 20.0 Å². The molecule has 0 saturated heterocycles. The summed E-state index contributed by atoms with van der Waals surface area (Å²) in [5.74, 6) is 1.28. The van der Waals surface area contributed by atoms with Crippen molar-refractivity contribution >= 4 is 17.7 Å². The molecule has 3 rings (SSSR count). The first-order valence-corrected chi connectivity index (χ1v) is 8.99. The Morgan fingerprint density at radius 3 is 2.89 bits per heavy atom. The number of rotatable bonds is 8. The fraction of sp³-hybridized carbons (Fsp3) is 0.235. The number of methoxy groups -OCH3 is 2. The molecule has 10 heteroatoms. The lowest BCUT2D eigenvalue weighted by Gasteiger charge is -2.11. The van der Waals surface area contributed by atoms with Gasteiger partial charge in [0.1, 0.15) is 17.2 Å². The van der Waals surface area contributed by atoms with E-state index >= 15 is 0 Å². The smallest absolute Gasteiger partial charge is 0.230 e. The van der Waals surface area contributed by atoms with Gasteiger partial charge in [0.05, 0.1) is 20.0 Å². The van der Waals surface area contributed by atoms with Gasteiger partial charge in [-0.25, -0.2) is 0 Å². The molecule has 27 heavy (non-hydrogen) atoms. The van der Waals surface area contributed by atoms with Gasteiger partial charge in [-0.05, 0) is 34.2 Å². The summed E-state index contributed by atoms with van der Waals surface area (Å²) in [7, 11) is 3.14. The van der Waals surface area contributed by atoms with Crippen molar-refractivity contribution in [3.05, 3.63) is 48.3 Å². The number of hydrogen-bond acceptors (Lipinski definition) is 8. The summed E-state index contributed by atoms with van der Waals surface area (Å²) in [6.45, 7) is 0.419. The van der Waals surface area contributed by atoms with Crippen molar-refractivity contribution in [1.82, 2.24) is 30.5 Å². The fourth-order valence-electron chi connectivity index (χ4n) is 2.27. The molecule has 0 fully saturated rings. The number of carbonyl (C=O) groups is 1. The van der Waals surface area contributed by atoms with Crippen LogP contribution in [-0.2, 0) is 11.3 Å². The van der Waals surface area contributed by atoms with Gasteiger partial charge in [-0.15, -0.1) is 5.10 Å². The maximum atomic E-state index is 12.1. The van der Waals surface area contributed by atoms with Crippen molar-refractivity contribution in [2.24, 2.45) is 0 Å². The zero-order chi connectivity index (χ0) is 19.1. The predicted molar refractivity (Wildman–Crippen MR) is 99.1 cm³/mol. The highest BCUT2D eigenvalue weighted by atomic mass is 32.2. The summed E-state index contributed by atoms with van der Waals surface area (Å²) in [5.41, 5.74) is 1.56. The minimum absolute atomic E-state index is 0.129. The van der Waals surface area contributed by atoms with Crippen LogP contribution in [0.1, 0.15) is 5.56 Å². The van der Waals surface area contributed by atoms with Crippen LogP contribution in [0.4, 0.5) is 0 Å². The molecule has 0 aliphatic heterocycles. The van der Waals surface area contributed by atoms with Gasteiger partial charge >= 0.3 is 0 Å². The molecule has 0 unspecified atom stereocenters. The molecule has 0 spiro atoms. The number of nitrogens with one attached hydrogen (secondary N) is 1. The van der Waals surface area contributed by atoms with Crippen molar-refractivity contribution in [3.63, 3.8) is 0 Å². The van der Waals surface area contributed by atoms with Crippen molar-refractivity contribution in [1.29, 1.82) is 0 Å². The van der Waals surface area contributed by atoms with Crippen LogP contribution in [0.25, 0.3) is 5.69 Å². The van der Waals surface area contributed by atoms with Crippen molar-refractivity contribution in [3.8, 4) is 17.2 Å². The van der Waals surface area contributed by atoms with Crippen molar-refractivity contribution < 1.29 is 14.3 Å². The number of amides is 1. The highest BCUT2D eigenvalue weighted by molar-refractivity contribution is 7.99. The van der Waals surface area contributed by atoms with Crippen LogP contribution in [0.3, 0.4) is 0 Å². The molecule has 0 radical (unpaired) electrons. The van der Waals surface area contributed by atoms with E-state index in [-0.39, 0.29) is 11.7 Å². The number of hydrogen-bond donors (Lipinski definition) is 1. The molecule has 3 aromatic rings. The summed E-state index contributed by atoms with van der Waals surface area (Å²) in [6.07, 6.45) is 3.40. The molecular formula is C17H18N6O3S. The molecule has 0 aliphatic carbocycles. The summed E-state index contributed by atoms with van der Waals surface area (Å²) in [5, 5.41) is 15.0. The Morgan fingerprint density at radius 1 is 1.26 bits per heavy atom. The van der Waals surface area contributed by atoms with E-state index < -0.39 is 0 Å². The van der Waals surface area contributed by atoms with E-state index in [1.54, 1.807) is 44.8 Å². The number of nitrogens with zero attached hydrogens (tertiary/aromatic N) is 5. The normalized spacial score (nSPS) is 10.4. The maximum Gasteiger partial charge on any atom is 0.230 e. The largest absolute Gasteiger partial charge is 0.497 e. The standard InChI is InChI=1S/C17H18N6O3S/c1-25-13-5-6-15(26-2)14(8-13)23-17(20-21-22-23)27-11-16(24)19-10-12-4-3-7-18-9-12/h3-9H,10-11H2,1-2H3,(H,19,24). The molecule has 2 heterocycles. The van der Waals surface area contributed by atoms with E-state index in [2.05, 4.69) is 25.8 Å². The van der Waals surface area contributed by atoms with Gasteiger partial charge in [-0.3, -0.25) is 9.78 Å². The van der Waals surface area contributed by atoms with Gasteiger partial charge in [0.25, 0.3) is 0 Å². The fourth-order valence-corrected chi connectivity index (χ4v) is 2.98. The van der Waals surface area contributed by atoms with E-state index in [0.717, 1.165) is 5.56 Å². The molecule has 2 aromatic heterocycles. The third-order valence-corrected chi connectivity index (χ3v) is 4.52. The lowest BCUT2D eigenvalue weighted by Crippen LogP contribution is -2.24. The third-order valence-electron chi connectivity index (χ3n) is 3.60. The van der Waals surface area contributed by atoms with E-state index in [4.69, 9.17) is 9.47 Å². The first-order valence-electron chi connectivity index (χ1n) is 8.00. The highest BCUT2D eigenvalue weighted by Gasteiger charge is 2.16. The van der Waals surface area contributed by atoms with Gasteiger partial charge in [0, 0.05) is 25.0 Å². The van der Waals surface area contributed by atoms with E-state index in [1.807, 2.05) is 12.1 Å². The van der Waals surface area contributed by atoms with Gasteiger partial charge in [0.2, 0.25) is 11.1 Å². The van der Waals surface area contributed by atoms with Gasteiger partial charge in [-0.2, -0.15) is 4.68 Å². The maximum absolute atomic E-state index is 12.1. The van der Waals surface area contributed by atoms with Crippen LogP contribution >= 0.6 is 11.8 Å². The Morgan fingerprint density at radius 2 is 2.15 bits per heavy atom. The summed E-state index contributed by atoms with van der Waals surface area (Å²) >= 11 is 1.23. The molecule has 0 bridgehead atoms. The Bertz CT molecular complexity index is 903. The van der Waals surface area contributed by atoms with Gasteiger partial charge in [-0.1, -0.05) is 17.8 Å². The second-order valence-electron chi connectivity index (χ2n) is 5.34. The monoisotopic (exact) mass is 386 g/mol. The average Bonchev–Trinajstić information content (AvgIpc) is 3.19. The average molecular weight is 386 g/mol. The molecular weight excluding hydrogens is 368 g/mol.